The number of nitrogens with two attached hydrogens (primary N) is 1. The summed E-state index contributed by atoms with van der Waals surface area (Å²) in [7, 11) is 4.79. The number of anilines is 2. The summed E-state index contributed by atoms with van der Waals surface area (Å²) in [6.07, 6.45) is 5.52. The Hall–Kier alpha value is -4.91. The van der Waals surface area contributed by atoms with Crippen molar-refractivity contribution < 1.29 is 8.42 Å². The Kier molecular flexibility index (Phi) is 11.5. The summed E-state index contributed by atoms with van der Waals surface area (Å²) in [6.45, 7) is 0. The minimum atomic E-state index is -3.50. The van der Waals surface area contributed by atoms with Crippen molar-refractivity contribution in [3.8, 4) is 0 Å². The quantitative estimate of drug-likeness (QED) is 0.182. The first-order valence-electron chi connectivity index (χ1n) is 14.8. The molecule has 0 fully saturated rings. The van der Waals surface area contributed by atoms with E-state index in [9.17, 15) is 8.42 Å². The lowest BCUT2D eigenvalue weighted by atomic mass is 9.94. The number of hydrogen-bond acceptors (Lipinski definition) is 4. The summed E-state index contributed by atoms with van der Waals surface area (Å²) in [4.78, 5) is 4.41. The van der Waals surface area contributed by atoms with Crippen LogP contribution in [-0.2, 0) is 10.0 Å². The van der Waals surface area contributed by atoms with E-state index < -0.39 is 10.0 Å². The van der Waals surface area contributed by atoms with E-state index >= 15 is 0 Å². The Labute approximate surface area is 268 Å². The Morgan fingerprint density at radius 2 is 0.822 bits per heavy atom. The summed E-state index contributed by atoms with van der Waals surface area (Å²) in [5.41, 5.74) is 9.83. The molecule has 0 aliphatic carbocycles. The van der Waals surface area contributed by atoms with Gasteiger partial charge in [-0.2, -0.15) is 0 Å². The van der Waals surface area contributed by atoms with Crippen molar-refractivity contribution in [2.24, 2.45) is 5.14 Å². The van der Waals surface area contributed by atoms with Crippen molar-refractivity contribution in [1.82, 2.24) is 0 Å². The first-order valence-corrected chi connectivity index (χ1v) is 16.3. The SMILES string of the molecule is CN(C)c1ccc(C(=CCC=C(c2ccccc2)c2ccc(N(C)C)cc2)c2ccccc2)cc1.NS(=O)(=O)c1ccccc1. The summed E-state index contributed by atoms with van der Waals surface area (Å²) in [5, 5.41) is 4.83. The van der Waals surface area contributed by atoms with Crippen LogP contribution in [0.2, 0.25) is 0 Å². The van der Waals surface area contributed by atoms with Crippen LogP contribution in [0.3, 0.4) is 0 Å². The maximum Gasteiger partial charge on any atom is 0.238 e. The third-order valence-electron chi connectivity index (χ3n) is 7.27. The Morgan fingerprint density at radius 1 is 0.511 bits per heavy atom. The molecule has 0 aromatic heterocycles. The number of hydrogen-bond donors (Lipinski definition) is 1. The van der Waals surface area contributed by atoms with Crippen molar-refractivity contribution in [2.45, 2.75) is 11.3 Å². The van der Waals surface area contributed by atoms with Crippen LogP contribution in [0.5, 0.6) is 0 Å². The maximum atomic E-state index is 10.6. The van der Waals surface area contributed by atoms with E-state index in [1.807, 2.05) is 0 Å². The fourth-order valence-electron chi connectivity index (χ4n) is 4.82. The number of benzene rings is 5. The van der Waals surface area contributed by atoms with Gasteiger partial charge in [0.25, 0.3) is 0 Å². The highest BCUT2D eigenvalue weighted by molar-refractivity contribution is 7.89. The van der Waals surface area contributed by atoms with Gasteiger partial charge in [0.2, 0.25) is 10.0 Å². The van der Waals surface area contributed by atoms with Gasteiger partial charge in [-0.25, -0.2) is 13.6 Å². The van der Waals surface area contributed by atoms with Crippen LogP contribution >= 0.6 is 0 Å². The zero-order valence-corrected chi connectivity index (χ0v) is 27.2. The first kappa shape index (κ1) is 33.0. The normalized spacial score (nSPS) is 11.8. The third kappa shape index (κ3) is 9.54. The van der Waals surface area contributed by atoms with Gasteiger partial charge in [-0.1, -0.05) is 115 Å². The van der Waals surface area contributed by atoms with Crippen LogP contribution in [0, 0.1) is 0 Å². The molecule has 5 rings (SSSR count). The molecule has 0 atom stereocenters. The molecule has 5 nitrogen and oxygen atoms in total. The number of sulfonamides is 1. The van der Waals surface area contributed by atoms with Gasteiger partial charge in [0.15, 0.2) is 0 Å². The monoisotopic (exact) mass is 615 g/mol. The molecule has 0 saturated heterocycles. The number of allylic oxidation sites excluding steroid dienone is 2. The first-order chi connectivity index (χ1) is 21.6. The van der Waals surface area contributed by atoms with Gasteiger partial charge in [-0.05, 0) is 76.2 Å². The molecule has 0 bridgehead atoms. The average molecular weight is 616 g/mol. The van der Waals surface area contributed by atoms with Crippen molar-refractivity contribution in [3.05, 3.63) is 174 Å². The van der Waals surface area contributed by atoms with Gasteiger partial charge in [-0.15, -0.1) is 0 Å². The van der Waals surface area contributed by atoms with Gasteiger partial charge in [0, 0.05) is 39.6 Å². The molecule has 230 valence electrons. The molecule has 6 heteroatoms. The topological polar surface area (TPSA) is 66.6 Å². The van der Waals surface area contributed by atoms with Gasteiger partial charge >= 0.3 is 0 Å². The van der Waals surface area contributed by atoms with Crippen LogP contribution < -0.4 is 14.9 Å². The molecule has 0 unspecified atom stereocenters. The molecule has 0 amide bonds. The van der Waals surface area contributed by atoms with Crippen molar-refractivity contribution in [2.75, 3.05) is 38.0 Å². The predicted octanol–water partition coefficient (Wildman–Crippen LogP) is 8.11. The van der Waals surface area contributed by atoms with Gasteiger partial charge in [0.05, 0.1) is 4.90 Å². The van der Waals surface area contributed by atoms with Gasteiger partial charge < -0.3 is 9.80 Å². The summed E-state index contributed by atoms with van der Waals surface area (Å²) in [6, 6.07) is 46.8. The van der Waals surface area contributed by atoms with Crippen LogP contribution in [0.4, 0.5) is 11.4 Å². The number of primary sulfonamides is 1. The second-order valence-electron chi connectivity index (χ2n) is 10.9. The zero-order chi connectivity index (χ0) is 32.2. The highest BCUT2D eigenvalue weighted by Gasteiger charge is 2.08. The van der Waals surface area contributed by atoms with Crippen LogP contribution in [-0.4, -0.2) is 36.6 Å². The van der Waals surface area contributed by atoms with E-state index in [-0.39, 0.29) is 4.90 Å². The zero-order valence-electron chi connectivity index (χ0n) is 26.3. The van der Waals surface area contributed by atoms with Crippen LogP contribution in [0.1, 0.15) is 28.7 Å². The molecule has 2 N–H and O–H groups in total. The van der Waals surface area contributed by atoms with E-state index in [4.69, 9.17) is 5.14 Å². The fourth-order valence-corrected chi connectivity index (χ4v) is 5.36. The Morgan fingerprint density at radius 3 is 1.11 bits per heavy atom. The largest absolute Gasteiger partial charge is 0.378 e. The third-order valence-corrected chi connectivity index (χ3v) is 8.20. The fraction of sp³-hybridized carbons (Fsp3) is 0.128. The minimum Gasteiger partial charge on any atom is -0.378 e. The second kappa shape index (κ2) is 15.7. The molecule has 0 spiro atoms. The van der Waals surface area contributed by atoms with Gasteiger partial charge in [-0.3, -0.25) is 0 Å². The van der Waals surface area contributed by atoms with E-state index in [1.54, 1.807) is 18.2 Å². The van der Waals surface area contributed by atoms with Crippen LogP contribution in [0.25, 0.3) is 11.1 Å². The molecule has 5 aromatic carbocycles. The Bertz CT molecular complexity index is 1690. The Balaban J connectivity index is 0.000000392. The van der Waals surface area contributed by atoms with E-state index in [2.05, 4.69) is 159 Å². The minimum absolute atomic E-state index is 0.148. The lowest BCUT2D eigenvalue weighted by Gasteiger charge is -2.15. The number of nitrogens with zero attached hydrogens (tertiary/aromatic N) is 2. The molecule has 0 saturated carbocycles. The molecule has 5 aromatic rings. The molecule has 0 aliphatic rings. The molecule has 45 heavy (non-hydrogen) atoms. The smallest absolute Gasteiger partial charge is 0.238 e. The maximum absolute atomic E-state index is 10.6. The molecular formula is C39H41N3O2S. The number of rotatable bonds is 9. The highest BCUT2D eigenvalue weighted by atomic mass is 32.2. The van der Waals surface area contributed by atoms with E-state index in [0.717, 1.165) is 6.42 Å². The molecule has 0 aliphatic heterocycles. The molecular weight excluding hydrogens is 575 g/mol. The summed E-state index contributed by atoms with van der Waals surface area (Å²) < 4.78 is 21.2. The van der Waals surface area contributed by atoms with E-state index in [1.165, 1.54) is 56.9 Å². The second-order valence-corrected chi connectivity index (χ2v) is 12.5. The molecule has 0 heterocycles. The van der Waals surface area contributed by atoms with Crippen LogP contribution in [0.15, 0.2) is 157 Å². The average Bonchev–Trinajstić information content (AvgIpc) is 3.06. The standard InChI is InChI=1S/C33H34N2.C6H7NO2S/c1-34(2)30-22-18-28(19-23-30)32(26-12-7-5-8-13-26)16-11-17-33(27-14-9-6-10-15-27)29-20-24-31(25-21-29)35(3)4;7-10(8,9)6-4-2-1-3-5-6/h5-10,12-25H,11H2,1-4H3;1-5H,(H2,7,8,9). The predicted molar refractivity (Wildman–Crippen MR) is 191 cm³/mol. The van der Waals surface area contributed by atoms with Crippen molar-refractivity contribution >= 4 is 32.5 Å². The molecule has 0 radical (unpaired) electrons. The van der Waals surface area contributed by atoms with Crippen molar-refractivity contribution in [3.63, 3.8) is 0 Å². The van der Waals surface area contributed by atoms with E-state index in [0.29, 0.717) is 0 Å². The summed E-state index contributed by atoms with van der Waals surface area (Å²) >= 11 is 0. The highest BCUT2D eigenvalue weighted by Crippen LogP contribution is 2.29. The van der Waals surface area contributed by atoms with Gasteiger partial charge in [0.1, 0.15) is 0 Å². The lowest BCUT2D eigenvalue weighted by molar-refractivity contribution is 0.598. The summed E-state index contributed by atoms with van der Waals surface area (Å²) in [5.74, 6) is 0. The lowest BCUT2D eigenvalue weighted by Crippen LogP contribution is -2.11. The van der Waals surface area contributed by atoms with Crippen molar-refractivity contribution in [1.29, 1.82) is 0 Å².